The molecule has 1 aliphatic carbocycles. The molecule has 2 unspecified atom stereocenters. The lowest BCUT2D eigenvalue weighted by Crippen LogP contribution is -1.91. The fourth-order valence-electron chi connectivity index (χ4n) is 1.50. The van der Waals surface area contributed by atoms with Gasteiger partial charge in [-0.3, -0.25) is 4.79 Å². The van der Waals surface area contributed by atoms with Crippen molar-refractivity contribution in [1.29, 1.82) is 0 Å². The Bertz CT molecular complexity index is 144. The van der Waals surface area contributed by atoms with Crippen LogP contribution in [-0.2, 0) is 4.79 Å². The normalized spacial score (nSPS) is 28.5. The minimum Gasteiger partial charge on any atom is -0.281 e. The Hall–Kier alpha value is -0.0400. The molecule has 0 heterocycles. The summed E-state index contributed by atoms with van der Waals surface area (Å²) in [6.45, 7) is 2.19. The van der Waals surface area contributed by atoms with E-state index in [1.165, 1.54) is 25.7 Å². The van der Waals surface area contributed by atoms with E-state index in [1.807, 2.05) is 0 Å². The topological polar surface area (TPSA) is 17.1 Å². The van der Waals surface area contributed by atoms with E-state index >= 15 is 0 Å². The lowest BCUT2D eigenvalue weighted by Gasteiger charge is -1.95. The Morgan fingerprint density at radius 2 is 2.27 bits per heavy atom. The van der Waals surface area contributed by atoms with Crippen LogP contribution in [0, 0.1) is 11.8 Å². The molecule has 1 nitrogen and oxygen atoms in total. The van der Waals surface area contributed by atoms with E-state index in [9.17, 15) is 4.79 Å². The minimum atomic E-state index is -0.119. The first kappa shape index (κ1) is 9.05. The molecule has 2 atom stereocenters. The summed E-state index contributed by atoms with van der Waals surface area (Å²) in [5.74, 6) is 0.847. The third-order valence-corrected chi connectivity index (χ3v) is 2.67. The molecular formula is C9H15ClO. The molecule has 0 bridgehead atoms. The summed E-state index contributed by atoms with van der Waals surface area (Å²) in [6, 6.07) is 0. The molecule has 0 amide bonds. The number of rotatable bonds is 5. The summed E-state index contributed by atoms with van der Waals surface area (Å²) < 4.78 is 0. The number of carbonyl (C=O) groups excluding carboxylic acids is 1. The van der Waals surface area contributed by atoms with Crippen molar-refractivity contribution in [2.45, 2.75) is 39.0 Å². The average molecular weight is 175 g/mol. The summed E-state index contributed by atoms with van der Waals surface area (Å²) >= 11 is 5.34. The Kier molecular flexibility index (Phi) is 3.38. The van der Waals surface area contributed by atoms with E-state index in [0.29, 0.717) is 5.92 Å². The summed E-state index contributed by atoms with van der Waals surface area (Å²) in [4.78, 5) is 10.6. The Balaban J connectivity index is 2.00. The van der Waals surface area contributed by atoms with Crippen LogP contribution < -0.4 is 0 Å². The second-order valence-corrected chi connectivity index (χ2v) is 3.77. The van der Waals surface area contributed by atoms with Gasteiger partial charge in [0.25, 0.3) is 0 Å². The third kappa shape index (κ3) is 2.82. The van der Waals surface area contributed by atoms with Gasteiger partial charge in [-0.15, -0.1) is 0 Å². The van der Waals surface area contributed by atoms with Gasteiger partial charge in [0.1, 0.15) is 0 Å². The number of hydrogen-bond acceptors (Lipinski definition) is 1. The number of halogens is 1. The Labute approximate surface area is 73.1 Å². The summed E-state index contributed by atoms with van der Waals surface area (Å²) in [5.41, 5.74) is 0. The Morgan fingerprint density at radius 3 is 2.73 bits per heavy atom. The second kappa shape index (κ2) is 4.10. The van der Waals surface area contributed by atoms with Gasteiger partial charge in [-0.05, 0) is 30.4 Å². The SMILES string of the molecule is CCCCCC1CC1C(=O)Cl. The summed E-state index contributed by atoms with van der Waals surface area (Å²) in [5, 5.41) is -0.119. The van der Waals surface area contributed by atoms with Crippen LogP contribution in [0.4, 0.5) is 0 Å². The van der Waals surface area contributed by atoms with Crippen molar-refractivity contribution >= 4 is 16.8 Å². The first-order valence-electron chi connectivity index (χ1n) is 4.45. The highest BCUT2D eigenvalue weighted by Gasteiger charge is 2.40. The molecule has 1 fully saturated rings. The predicted molar refractivity (Wildman–Crippen MR) is 46.6 cm³/mol. The van der Waals surface area contributed by atoms with Gasteiger partial charge >= 0.3 is 0 Å². The molecule has 1 rings (SSSR count). The molecule has 0 aromatic carbocycles. The van der Waals surface area contributed by atoms with Gasteiger partial charge in [0.2, 0.25) is 5.24 Å². The molecule has 0 N–H and O–H groups in total. The van der Waals surface area contributed by atoms with Crippen LogP contribution >= 0.6 is 11.6 Å². The van der Waals surface area contributed by atoms with Crippen LogP contribution in [0.25, 0.3) is 0 Å². The van der Waals surface area contributed by atoms with Crippen molar-refractivity contribution < 1.29 is 4.79 Å². The van der Waals surface area contributed by atoms with Gasteiger partial charge in [-0.1, -0.05) is 26.2 Å². The van der Waals surface area contributed by atoms with Gasteiger partial charge in [-0.25, -0.2) is 0 Å². The van der Waals surface area contributed by atoms with Crippen molar-refractivity contribution in [3.05, 3.63) is 0 Å². The van der Waals surface area contributed by atoms with E-state index in [0.717, 1.165) is 6.42 Å². The zero-order chi connectivity index (χ0) is 8.27. The predicted octanol–water partition coefficient (Wildman–Crippen LogP) is 2.97. The van der Waals surface area contributed by atoms with E-state index in [4.69, 9.17) is 11.6 Å². The first-order valence-corrected chi connectivity index (χ1v) is 4.82. The van der Waals surface area contributed by atoms with E-state index in [1.54, 1.807) is 0 Å². The largest absolute Gasteiger partial charge is 0.281 e. The van der Waals surface area contributed by atoms with Crippen molar-refractivity contribution in [3.63, 3.8) is 0 Å². The second-order valence-electron chi connectivity index (χ2n) is 3.40. The lowest BCUT2D eigenvalue weighted by atomic mass is 10.1. The number of carbonyl (C=O) groups is 1. The van der Waals surface area contributed by atoms with E-state index in [2.05, 4.69) is 6.92 Å². The molecular weight excluding hydrogens is 160 g/mol. The fourth-order valence-corrected chi connectivity index (χ4v) is 1.77. The molecule has 11 heavy (non-hydrogen) atoms. The van der Waals surface area contributed by atoms with Crippen molar-refractivity contribution in [1.82, 2.24) is 0 Å². The van der Waals surface area contributed by atoms with Crippen molar-refractivity contribution in [3.8, 4) is 0 Å². The zero-order valence-electron chi connectivity index (χ0n) is 6.98. The van der Waals surface area contributed by atoms with Gasteiger partial charge in [0, 0.05) is 5.92 Å². The highest BCUT2D eigenvalue weighted by Crippen LogP contribution is 2.43. The molecule has 1 saturated carbocycles. The standard InChI is InChI=1S/C9H15ClO/c1-2-3-4-5-7-6-8(7)9(10)11/h7-8H,2-6H2,1H3. The average Bonchev–Trinajstić information content (AvgIpc) is 2.68. The van der Waals surface area contributed by atoms with Crippen molar-refractivity contribution in [2.24, 2.45) is 11.8 Å². The zero-order valence-corrected chi connectivity index (χ0v) is 7.73. The molecule has 0 radical (unpaired) electrons. The van der Waals surface area contributed by atoms with Crippen LogP contribution in [0.2, 0.25) is 0 Å². The van der Waals surface area contributed by atoms with Crippen LogP contribution in [0.5, 0.6) is 0 Å². The van der Waals surface area contributed by atoms with Crippen LogP contribution in [-0.4, -0.2) is 5.24 Å². The van der Waals surface area contributed by atoms with Crippen molar-refractivity contribution in [2.75, 3.05) is 0 Å². The van der Waals surface area contributed by atoms with E-state index < -0.39 is 0 Å². The maximum Gasteiger partial charge on any atom is 0.225 e. The highest BCUT2D eigenvalue weighted by atomic mass is 35.5. The van der Waals surface area contributed by atoms with Crippen LogP contribution in [0.3, 0.4) is 0 Å². The molecule has 2 heteroatoms. The van der Waals surface area contributed by atoms with Crippen LogP contribution in [0.1, 0.15) is 39.0 Å². The summed E-state index contributed by atoms with van der Waals surface area (Å²) in [6.07, 6.45) is 6.07. The van der Waals surface area contributed by atoms with Gasteiger partial charge in [0.15, 0.2) is 0 Å². The Morgan fingerprint density at radius 1 is 1.55 bits per heavy atom. The van der Waals surface area contributed by atoms with Crippen LogP contribution in [0.15, 0.2) is 0 Å². The first-order chi connectivity index (χ1) is 5.25. The smallest absolute Gasteiger partial charge is 0.225 e. The molecule has 0 spiro atoms. The maximum atomic E-state index is 10.6. The quantitative estimate of drug-likeness (QED) is 0.463. The van der Waals surface area contributed by atoms with Gasteiger partial charge in [-0.2, -0.15) is 0 Å². The molecule has 0 saturated heterocycles. The lowest BCUT2D eigenvalue weighted by molar-refractivity contribution is -0.113. The summed E-state index contributed by atoms with van der Waals surface area (Å²) in [7, 11) is 0. The number of hydrogen-bond donors (Lipinski definition) is 0. The highest BCUT2D eigenvalue weighted by molar-refractivity contribution is 6.64. The van der Waals surface area contributed by atoms with Gasteiger partial charge in [0.05, 0.1) is 0 Å². The van der Waals surface area contributed by atoms with E-state index in [-0.39, 0.29) is 11.2 Å². The fraction of sp³-hybridized carbons (Fsp3) is 0.889. The molecule has 0 aliphatic heterocycles. The molecule has 0 aromatic heterocycles. The number of unbranched alkanes of at least 4 members (excludes halogenated alkanes) is 2. The monoisotopic (exact) mass is 174 g/mol. The van der Waals surface area contributed by atoms with Gasteiger partial charge < -0.3 is 0 Å². The molecule has 1 aliphatic rings. The molecule has 64 valence electrons. The third-order valence-electron chi connectivity index (χ3n) is 2.39. The maximum absolute atomic E-state index is 10.6. The minimum absolute atomic E-state index is 0.119. The molecule has 0 aromatic rings.